The van der Waals surface area contributed by atoms with Gasteiger partial charge in [-0.15, -0.1) is 0 Å². The van der Waals surface area contributed by atoms with Crippen LogP contribution in [0.2, 0.25) is 0 Å². The fourth-order valence-corrected chi connectivity index (χ4v) is 3.07. The molecular formula is C15H15N3O2S. The zero-order valence-electron chi connectivity index (χ0n) is 11.5. The Morgan fingerprint density at radius 3 is 2.62 bits per heavy atom. The molecule has 3 N–H and O–H groups in total. The molecule has 0 radical (unpaired) electrons. The summed E-state index contributed by atoms with van der Waals surface area (Å²) in [6.45, 7) is 2.13. The van der Waals surface area contributed by atoms with Gasteiger partial charge in [-0.1, -0.05) is 29.8 Å². The lowest BCUT2D eigenvalue weighted by atomic mass is 10.1. The molecule has 108 valence electrons. The molecule has 0 spiro atoms. The Hall–Kier alpha value is -2.36. The van der Waals surface area contributed by atoms with Crippen LogP contribution in [0.4, 0.5) is 5.69 Å². The first-order valence-corrected chi connectivity index (χ1v) is 7.75. The first-order chi connectivity index (χ1) is 9.92. The van der Waals surface area contributed by atoms with Crippen molar-refractivity contribution in [3.8, 4) is 6.07 Å². The second kappa shape index (κ2) is 5.95. The highest BCUT2D eigenvalue weighted by Crippen LogP contribution is 2.19. The van der Waals surface area contributed by atoms with Crippen LogP contribution in [0.25, 0.3) is 0 Å². The van der Waals surface area contributed by atoms with E-state index in [1.54, 1.807) is 0 Å². The SMILES string of the molecule is Cc1cccc(CNS(=O)(=O)c2ccc(C#N)cc2N)c1. The van der Waals surface area contributed by atoms with E-state index in [2.05, 4.69) is 4.72 Å². The van der Waals surface area contributed by atoms with E-state index in [1.165, 1.54) is 18.2 Å². The number of sulfonamides is 1. The average Bonchev–Trinajstić information content (AvgIpc) is 2.45. The molecule has 2 aromatic rings. The number of nitrogens with zero attached hydrogens (tertiary/aromatic N) is 1. The number of anilines is 1. The minimum absolute atomic E-state index is 0.0193. The largest absolute Gasteiger partial charge is 0.398 e. The first kappa shape index (κ1) is 15.0. The molecule has 0 amide bonds. The second-order valence-corrected chi connectivity index (χ2v) is 6.41. The van der Waals surface area contributed by atoms with Crippen LogP contribution in [-0.2, 0) is 16.6 Å². The maximum Gasteiger partial charge on any atom is 0.242 e. The number of nitriles is 1. The van der Waals surface area contributed by atoms with Crippen LogP contribution in [0.1, 0.15) is 16.7 Å². The standard InChI is InChI=1S/C15H15N3O2S/c1-11-3-2-4-13(7-11)10-18-21(19,20)15-6-5-12(9-16)8-14(15)17/h2-8,18H,10,17H2,1H3. The van der Waals surface area contributed by atoms with Gasteiger partial charge in [0.2, 0.25) is 10.0 Å². The number of benzene rings is 2. The summed E-state index contributed by atoms with van der Waals surface area (Å²) in [6, 6.07) is 13.6. The highest BCUT2D eigenvalue weighted by atomic mass is 32.2. The van der Waals surface area contributed by atoms with Gasteiger partial charge in [-0.3, -0.25) is 0 Å². The molecule has 0 fully saturated rings. The van der Waals surface area contributed by atoms with Gasteiger partial charge in [0.25, 0.3) is 0 Å². The summed E-state index contributed by atoms with van der Waals surface area (Å²) >= 11 is 0. The number of nitrogens with one attached hydrogen (secondary N) is 1. The van der Waals surface area contributed by atoms with Crippen molar-refractivity contribution in [3.05, 3.63) is 59.2 Å². The van der Waals surface area contributed by atoms with Gasteiger partial charge >= 0.3 is 0 Å². The smallest absolute Gasteiger partial charge is 0.242 e. The van der Waals surface area contributed by atoms with Crippen LogP contribution >= 0.6 is 0 Å². The number of rotatable bonds is 4. The van der Waals surface area contributed by atoms with Crippen molar-refractivity contribution in [1.29, 1.82) is 5.26 Å². The quantitative estimate of drug-likeness (QED) is 0.843. The van der Waals surface area contributed by atoms with Crippen molar-refractivity contribution < 1.29 is 8.42 Å². The lowest BCUT2D eigenvalue weighted by molar-refractivity contribution is 0.581. The molecular weight excluding hydrogens is 286 g/mol. The van der Waals surface area contributed by atoms with Crippen LogP contribution in [-0.4, -0.2) is 8.42 Å². The summed E-state index contributed by atoms with van der Waals surface area (Å²) in [5.74, 6) is 0. The molecule has 0 heterocycles. The second-order valence-electron chi connectivity index (χ2n) is 4.68. The van der Waals surface area contributed by atoms with Crippen molar-refractivity contribution in [2.75, 3.05) is 5.73 Å². The summed E-state index contributed by atoms with van der Waals surface area (Å²) in [5, 5.41) is 8.76. The number of nitrogen functional groups attached to an aromatic ring is 1. The average molecular weight is 301 g/mol. The lowest BCUT2D eigenvalue weighted by Gasteiger charge is -2.09. The topological polar surface area (TPSA) is 96.0 Å². The maximum absolute atomic E-state index is 12.2. The van der Waals surface area contributed by atoms with E-state index in [0.717, 1.165) is 11.1 Å². The zero-order chi connectivity index (χ0) is 15.5. The third kappa shape index (κ3) is 3.60. The molecule has 0 aliphatic rings. The molecule has 2 rings (SSSR count). The minimum Gasteiger partial charge on any atom is -0.398 e. The fourth-order valence-electron chi connectivity index (χ4n) is 1.94. The molecule has 0 saturated heterocycles. The third-order valence-electron chi connectivity index (χ3n) is 2.98. The summed E-state index contributed by atoms with van der Waals surface area (Å²) in [7, 11) is -3.71. The molecule has 0 atom stereocenters. The first-order valence-electron chi connectivity index (χ1n) is 6.27. The fraction of sp³-hybridized carbons (Fsp3) is 0.133. The maximum atomic E-state index is 12.2. The van der Waals surface area contributed by atoms with Gasteiger partial charge in [0, 0.05) is 6.54 Å². The number of aryl methyl sites for hydroxylation is 1. The third-order valence-corrected chi connectivity index (χ3v) is 4.45. The minimum atomic E-state index is -3.71. The predicted octanol–water partition coefficient (Wildman–Crippen LogP) is 1.93. The van der Waals surface area contributed by atoms with Gasteiger partial charge in [-0.25, -0.2) is 13.1 Å². The van der Waals surface area contributed by atoms with Gasteiger partial charge in [0.1, 0.15) is 4.90 Å². The molecule has 0 aromatic heterocycles. The summed E-state index contributed by atoms with van der Waals surface area (Å²) in [5.41, 5.74) is 8.02. The Labute approximate surface area is 124 Å². The van der Waals surface area contributed by atoms with E-state index in [1.807, 2.05) is 37.3 Å². The predicted molar refractivity (Wildman–Crippen MR) is 80.8 cm³/mol. The van der Waals surface area contributed by atoms with Crippen molar-refractivity contribution in [1.82, 2.24) is 4.72 Å². The summed E-state index contributed by atoms with van der Waals surface area (Å²) in [4.78, 5) is -0.0193. The number of hydrogen-bond donors (Lipinski definition) is 2. The Morgan fingerprint density at radius 1 is 1.24 bits per heavy atom. The molecule has 0 unspecified atom stereocenters. The molecule has 6 heteroatoms. The number of hydrogen-bond acceptors (Lipinski definition) is 4. The number of nitrogens with two attached hydrogens (primary N) is 1. The van der Waals surface area contributed by atoms with Gasteiger partial charge in [-0.05, 0) is 30.7 Å². The van der Waals surface area contributed by atoms with Crippen LogP contribution < -0.4 is 10.5 Å². The van der Waals surface area contributed by atoms with Crippen LogP contribution in [0.15, 0.2) is 47.4 Å². The molecule has 21 heavy (non-hydrogen) atoms. The van der Waals surface area contributed by atoms with E-state index >= 15 is 0 Å². The Bertz CT molecular complexity index is 808. The van der Waals surface area contributed by atoms with E-state index in [0.29, 0.717) is 5.56 Å². The Morgan fingerprint density at radius 2 is 2.00 bits per heavy atom. The van der Waals surface area contributed by atoms with Gasteiger partial charge in [0.05, 0.1) is 17.3 Å². The summed E-state index contributed by atoms with van der Waals surface area (Å²) in [6.07, 6.45) is 0. The highest BCUT2D eigenvalue weighted by Gasteiger charge is 2.17. The molecule has 5 nitrogen and oxygen atoms in total. The van der Waals surface area contributed by atoms with Crippen LogP contribution in [0, 0.1) is 18.3 Å². The monoisotopic (exact) mass is 301 g/mol. The molecule has 2 aromatic carbocycles. The molecule has 0 bridgehead atoms. The lowest BCUT2D eigenvalue weighted by Crippen LogP contribution is -2.24. The normalized spacial score (nSPS) is 11.0. The molecule has 0 saturated carbocycles. The Balaban J connectivity index is 2.21. The van der Waals surface area contributed by atoms with Crippen LogP contribution in [0.3, 0.4) is 0 Å². The summed E-state index contributed by atoms with van der Waals surface area (Å²) < 4.78 is 27.0. The molecule has 0 aliphatic carbocycles. The van der Waals surface area contributed by atoms with Crippen molar-refractivity contribution >= 4 is 15.7 Å². The zero-order valence-corrected chi connectivity index (χ0v) is 12.3. The Kier molecular flexibility index (Phi) is 4.26. The molecule has 0 aliphatic heterocycles. The van der Waals surface area contributed by atoms with Crippen molar-refractivity contribution in [3.63, 3.8) is 0 Å². The van der Waals surface area contributed by atoms with Gasteiger partial charge in [-0.2, -0.15) is 5.26 Å². The van der Waals surface area contributed by atoms with Crippen LogP contribution in [0.5, 0.6) is 0 Å². The van der Waals surface area contributed by atoms with E-state index in [9.17, 15) is 8.42 Å². The van der Waals surface area contributed by atoms with Crippen molar-refractivity contribution in [2.24, 2.45) is 0 Å². The van der Waals surface area contributed by atoms with E-state index in [-0.39, 0.29) is 17.1 Å². The van der Waals surface area contributed by atoms with Crippen molar-refractivity contribution in [2.45, 2.75) is 18.4 Å². The van der Waals surface area contributed by atoms with E-state index in [4.69, 9.17) is 11.0 Å². The van der Waals surface area contributed by atoms with Gasteiger partial charge < -0.3 is 5.73 Å². The highest BCUT2D eigenvalue weighted by molar-refractivity contribution is 7.89. The van der Waals surface area contributed by atoms with Gasteiger partial charge in [0.15, 0.2) is 0 Å². The van der Waals surface area contributed by atoms with E-state index < -0.39 is 10.0 Å².